The third-order valence-corrected chi connectivity index (χ3v) is 4.05. The second kappa shape index (κ2) is 5.93. The number of piperidine rings is 1. The largest absolute Gasteiger partial charge is 0.480 e. The number of nitrogens with one attached hydrogen (secondary N) is 2. The third-order valence-electron chi connectivity index (χ3n) is 4.05. The van der Waals surface area contributed by atoms with E-state index in [1.165, 1.54) is 18.2 Å². The van der Waals surface area contributed by atoms with Gasteiger partial charge in [0, 0.05) is 23.2 Å². The highest BCUT2D eigenvalue weighted by Crippen LogP contribution is 2.36. The summed E-state index contributed by atoms with van der Waals surface area (Å²) in [4.78, 5) is 47.3. The summed E-state index contributed by atoms with van der Waals surface area (Å²) in [6.07, 6.45) is -1.09. The van der Waals surface area contributed by atoms with Gasteiger partial charge < -0.3 is 15.5 Å². The lowest BCUT2D eigenvalue weighted by molar-refractivity contribution is -0.140. The van der Waals surface area contributed by atoms with Crippen LogP contribution in [-0.4, -0.2) is 51.4 Å². The summed E-state index contributed by atoms with van der Waals surface area (Å²) >= 11 is 0. The average molecular weight is 333 g/mol. The van der Waals surface area contributed by atoms with Gasteiger partial charge in [-0.3, -0.25) is 29.4 Å². The molecular weight excluding hydrogens is 318 g/mol. The van der Waals surface area contributed by atoms with Crippen LogP contribution in [0.5, 0.6) is 0 Å². The fourth-order valence-electron chi connectivity index (χ4n) is 2.92. The number of aliphatic hydroxyl groups excluding tert-OH is 1. The molecule has 3 amide bonds. The minimum absolute atomic E-state index is 0.0919. The number of carboxylic acid groups (broad SMARTS) is 1. The zero-order valence-electron chi connectivity index (χ0n) is 12.5. The standard InChI is InChI=1S/C15H15N3O6/c19-11-4-3-10(13(22)17-11)18-14(23)8-2-1-7(16-6-12(20)21)5-9(8)15(18)24/h1-2,5,10,15-16,24H,3-4,6H2,(H,20,21)(H,17,19,22). The van der Waals surface area contributed by atoms with Gasteiger partial charge in [0.15, 0.2) is 6.23 Å². The molecule has 1 fully saturated rings. The fourth-order valence-corrected chi connectivity index (χ4v) is 2.92. The Hall–Kier alpha value is -2.94. The molecule has 9 heteroatoms. The average Bonchev–Trinajstić information content (AvgIpc) is 2.77. The highest BCUT2D eigenvalue weighted by molar-refractivity contribution is 6.05. The van der Waals surface area contributed by atoms with E-state index in [-0.39, 0.29) is 24.9 Å². The van der Waals surface area contributed by atoms with Crippen LogP contribution in [-0.2, 0) is 14.4 Å². The van der Waals surface area contributed by atoms with Gasteiger partial charge >= 0.3 is 5.97 Å². The van der Waals surface area contributed by atoms with Gasteiger partial charge in [-0.2, -0.15) is 0 Å². The number of hydrogen-bond acceptors (Lipinski definition) is 6. The lowest BCUT2D eigenvalue weighted by atomic mass is 10.0. The van der Waals surface area contributed by atoms with Crippen molar-refractivity contribution in [1.82, 2.24) is 10.2 Å². The van der Waals surface area contributed by atoms with Crippen LogP contribution in [0.15, 0.2) is 18.2 Å². The lowest BCUT2D eigenvalue weighted by Crippen LogP contribution is -2.53. The second-order valence-corrected chi connectivity index (χ2v) is 5.60. The number of carbonyl (C=O) groups is 4. The lowest BCUT2D eigenvalue weighted by Gasteiger charge is -2.31. The zero-order valence-corrected chi connectivity index (χ0v) is 12.5. The summed E-state index contributed by atoms with van der Waals surface area (Å²) in [5.41, 5.74) is 0.973. The molecule has 3 rings (SSSR count). The highest BCUT2D eigenvalue weighted by Gasteiger charge is 2.44. The molecule has 1 aromatic rings. The summed E-state index contributed by atoms with van der Waals surface area (Å²) in [6, 6.07) is 3.55. The molecule has 126 valence electrons. The molecule has 0 spiro atoms. The number of imide groups is 1. The number of benzene rings is 1. The van der Waals surface area contributed by atoms with Crippen LogP contribution in [0.4, 0.5) is 5.69 Å². The minimum atomic E-state index is -1.33. The van der Waals surface area contributed by atoms with Crippen LogP contribution < -0.4 is 10.6 Å². The maximum absolute atomic E-state index is 12.5. The van der Waals surface area contributed by atoms with E-state index in [1.54, 1.807) is 0 Å². The first-order valence-electron chi connectivity index (χ1n) is 7.32. The summed E-state index contributed by atoms with van der Waals surface area (Å²) in [5.74, 6) is -2.57. The molecule has 4 N–H and O–H groups in total. The molecule has 0 aliphatic carbocycles. The van der Waals surface area contributed by atoms with Gasteiger partial charge in [-0.05, 0) is 24.6 Å². The Labute approximate surface area is 136 Å². The maximum Gasteiger partial charge on any atom is 0.322 e. The highest BCUT2D eigenvalue weighted by atomic mass is 16.4. The van der Waals surface area contributed by atoms with Gasteiger partial charge in [0.2, 0.25) is 11.8 Å². The molecule has 24 heavy (non-hydrogen) atoms. The van der Waals surface area contributed by atoms with Crippen LogP contribution in [0.2, 0.25) is 0 Å². The van der Waals surface area contributed by atoms with Crippen molar-refractivity contribution in [3.05, 3.63) is 29.3 Å². The van der Waals surface area contributed by atoms with Gasteiger partial charge in [-0.1, -0.05) is 0 Å². The Balaban J connectivity index is 1.85. The Morgan fingerprint density at radius 3 is 2.75 bits per heavy atom. The number of carbonyl (C=O) groups excluding carboxylic acids is 3. The summed E-state index contributed by atoms with van der Waals surface area (Å²) in [6.45, 7) is -0.306. The number of amides is 3. The number of carboxylic acids is 1. The minimum Gasteiger partial charge on any atom is -0.480 e. The number of anilines is 1. The van der Waals surface area contributed by atoms with Crippen LogP contribution >= 0.6 is 0 Å². The molecule has 2 aliphatic rings. The van der Waals surface area contributed by atoms with E-state index < -0.39 is 36.0 Å². The van der Waals surface area contributed by atoms with Crippen molar-refractivity contribution in [3.8, 4) is 0 Å². The van der Waals surface area contributed by atoms with Crippen molar-refractivity contribution in [1.29, 1.82) is 0 Å². The predicted molar refractivity (Wildman–Crippen MR) is 79.9 cm³/mol. The van der Waals surface area contributed by atoms with Crippen molar-refractivity contribution in [2.75, 3.05) is 11.9 Å². The van der Waals surface area contributed by atoms with Crippen molar-refractivity contribution >= 4 is 29.4 Å². The SMILES string of the molecule is O=C(O)CNc1ccc2c(c1)C(O)N(C1CCC(=O)NC1=O)C2=O. The molecule has 1 saturated heterocycles. The van der Waals surface area contributed by atoms with E-state index in [9.17, 15) is 24.3 Å². The van der Waals surface area contributed by atoms with E-state index in [0.29, 0.717) is 11.3 Å². The van der Waals surface area contributed by atoms with Crippen LogP contribution in [0.25, 0.3) is 0 Å². The molecule has 9 nitrogen and oxygen atoms in total. The first-order chi connectivity index (χ1) is 11.4. The van der Waals surface area contributed by atoms with Gasteiger partial charge in [0.05, 0.1) is 0 Å². The first kappa shape index (κ1) is 15.9. The van der Waals surface area contributed by atoms with Gasteiger partial charge in [0.25, 0.3) is 5.91 Å². The molecule has 0 radical (unpaired) electrons. The molecule has 2 aliphatic heterocycles. The predicted octanol–water partition coefficient (Wildman–Crippen LogP) is -0.565. The van der Waals surface area contributed by atoms with Crippen LogP contribution in [0.3, 0.4) is 0 Å². The smallest absolute Gasteiger partial charge is 0.322 e. The number of aliphatic carboxylic acids is 1. The number of fused-ring (bicyclic) bond motifs is 1. The topological polar surface area (TPSA) is 136 Å². The monoisotopic (exact) mass is 333 g/mol. The van der Waals surface area contributed by atoms with E-state index in [2.05, 4.69) is 10.6 Å². The van der Waals surface area contributed by atoms with E-state index in [1.807, 2.05) is 0 Å². The quantitative estimate of drug-likeness (QED) is 0.542. The van der Waals surface area contributed by atoms with E-state index in [0.717, 1.165) is 4.90 Å². The Kier molecular flexibility index (Phi) is 3.94. The number of aliphatic hydroxyl groups is 1. The van der Waals surface area contributed by atoms with E-state index >= 15 is 0 Å². The van der Waals surface area contributed by atoms with Crippen molar-refractivity contribution < 1.29 is 29.4 Å². The summed E-state index contributed by atoms with van der Waals surface area (Å²) in [7, 11) is 0. The molecule has 0 bridgehead atoms. The summed E-state index contributed by atoms with van der Waals surface area (Å²) in [5, 5.41) is 23.9. The Morgan fingerprint density at radius 1 is 1.33 bits per heavy atom. The second-order valence-electron chi connectivity index (χ2n) is 5.60. The van der Waals surface area contributed by atoms with Gasteiger partial charge in [0.1, 0.15) is 12.6 Å². The number of nitrogens with zero attached hydrogens (tertiary/aromatic N) is 1. The molecule has 0 saturated carbocycles. The molecule has 2 atom stereocenters. The first-order valence-corrected chi connectivity index (χ1v) is 7.32. The maximum atomic E-state index is 12.5. The van der Waals surface area contributed by atoms with Crippen molar-refractivity contribution in [2.45, 2.75) is 25.1 Å². The Bertz CT molecular complexity index is 747. The molecular formula is C15H15N3O6. The number of rotatable bonds is 4. The number of hydrogen-bond donors (Lipinski definition) is 4. The fraction of sp³-hybridized carbons (Fsp3) is 0.333. The van der Waals surface area contributed by atoms with Crippen LogP contribution in [0.1, 0.15) is 35.0 Å². The Morgan fingerprint density at radius 2 is 2.08 bits per heavy atom. The molecule has 1 aromatic carbocycles. The van der Waals surface area contributed by atoms with Crippen LogP contribution in [0, 0.1) is 0 Å². The van der Waals surface area contributed by atoms with Gasteiger partial charge in [-0.15, -0.1) is 0 Å². The normalized spacial score (nSPS) is 23.0. The third kappa shape index (κ3) is 2.69. The molecule has 2 unspecified atom stereocenters. The zero-order chi connectivity index (χ0) is 17.4. The van der Waals surface area contributed by atoms with Gasteiger partial charge in [-0.25, -0.2) is 0 Å². The summed E-state index contributed by atoms with van der Waals surface area (Å²) < 4.78 is 0. The molecule has 0 aromatic heterocycles. The van der Waals surface area contributed by atoms with Crippen molar-refractivity contribution in [2.24, 2.45) is 0 Å². The van der Waals surface area contributed by atoms with E-state index in [4.69, 9.17) is 5.11 Å². The molecule has 2 heterocycles. The van der Waals surface area contributed by atoms with Crippen molar-refractivity contribution in [3.63, 3.8) is 0 Å².